The van der Waals surface area contributed by atoms with Crippen LogP contribution in [0.2, 0.25) is 0 Å². The van der Waals surface area contributed by atoms with Gasteiger partial charge in [-0.15, -0.1) is 5.10 Å². The summed E-state index contributed by atoms with van der Waals surface area (Å²) in [6.07, 6.45) is 9.70. The van der Waals surface area contributed by atoms with E-state index in [-0.39, 0.29) is 5.91 Å². The van der Waals surface area contributed by atoms with Crippen LogP contribution in [0.5, 0.6) is 0 Å². The minimum atomic E-state index is -0.828. The van der Waals surface area contributed by atoms with Gasteiger partial charge < -0.3 is 10.0 Å². The molecule has 0 spiro atoms. The van der Waals surface area contributed by atoms with E-state index in [1.54, 1.807) is 17.1 Å². The lowest BCUT2D eigenvalue weighted by Crippen LogP contribution is -2.53. The zero-order valence-corrected chi connectivity index (χ0v) is 13.7. The smallest absolute Gasteiger partial charge is 0.236 e. The highest BCUT2D eigenvalue weighted by Crippen LogP contribution is 2.23. The van der Waals surface area contributed by atoms with Crippen LogP contribution in [0, 0.1) is 0 Å². The van der Waals surface area contributed by atoms with E-state index in [2.05, 4.69) is 15.2 Å². The zero-order chi connectivity index (χ0) is 16.1. The average molecular weight is 321 g/mol. The number of nitrogens with zero attached hydrogens (tertiary/aromatic N) is 5. The van der Waals surface area contributed by atoms with Gasteiger partial charge in [-0.2, -0.15) is 0 Å². The average Bonchev–Trinajstić information content (AvgIpc) is 2.86. The molecule has 2 saturated heterocycles. The predicted molar refractivity (Wildman–Crippen MR) is 85.7 cm³/mol. The van der Waals surface area contributed by atoms with Crippen molar-refractivity contribution in [3.05, 3.63) is 12.4 Å². The van der Waals surface area contributed by atoms with Crippen LogP contribution in [0.15, 0.2) is 12.4 Å². The third-order valence-electron chi connectivity index (χ3n) is 4.88. The molecule has 2 aliphatic heterocycles. The second-order valence-corrected chi connectivity index (χ2v) is 6.93. The molecule has 1 atom stereocenters. The molecular weight excluding hydrogens is 294 g/mol. The predicted octanol–water partition coefficient (Wildman–Crippen LogP) is 0.508. The van der Waals surface area contributed by atoms with Crippen molar-refractivity contribution in [1.82, 2.24) is 24.8 Å². The molecule has 0 aromatic carbocycles. The van der Waals surface area contributed by atoms with Gasteiger partial charge in [0.25, 0.3) is 0 Å². The second-order valence-electron chi connectivity index (χ2n) is 6.93. The Kier molecular flexibility index (Phi) is 5.27. The summed E-state index contributed by atoms with van der Waals surface area (Å²) in [6, 6.07) is 0. The standard InChI is InChI=1S/C16H27N5O2/c22-15(20-9-3-1-2-4-10-20)12-19-8-5-6-16(23,13-19)14-21-11-7-17-18-21/h7,11,23H,1-6,8-10,12-14H2. The minimum Gasteiger partial charge on any atom is -0.387 e. The number of carbonyl (C=O) groups is 1. The molecular formula is C16H27N5O2. The van der Waals surface area contributed by atoms with E-state index in [1.807, 2.05) is 4.90 Å². The Hall–Kier alpha value is -1.47. The van der Waals surface area contributed by atoms with Gasteiger partial charge in [0.2, 0.25) is 5.91 Å². The van der Waals surface area contributed by atoms with E-state index < -0.39 is 5.60 Å². The Labute approximate surface area is 137 Å². The van der Waals surface area contributed by atoms with Gasteiger partial charge in [0.1, 0.15) is 0 Å². The first kappa shape index (κ1) is 16.4. The van der Waals surface area contributed by atoms with Crippen LogP contribution < -0.4 is 0 Å². The van der Waals surface area contributed by atoms with Gasteiger partial charge in [-0.25, -0.2) is 4.68 Å². The van der Waals surface area contributed by atoms with Crippen LogP contribution in [0.1, 0.15) is 38.5 Å². The van der Waals surface area contributed by atoms with Crippen molar-refractivity contribution >= 4 is 5.91 Å². The molecule has 3 heterocycles. The molecule has 23 heavy (non-hydrogen) atoms. The molecule has 1 unspecified atom stereocenters. The Morgan fingerprint density at radius 3 is 2.61 bits per heavy atom. The molecule has 2 aliphatic rings. The molecule has 1 aromatic rings. The highest BCUT2D eigenvalue weighted by Gasteiger charge is 2.35. The van der Waals surface area contributed by atoms with Crippen molar-refractivity contribution in [1.29, 1.82) is 0 Å². The van der Waals surface area contributed by atoms with E-state index in [9.17, 15) is 9.90 Å². The maximum absolute atomic E-state index is 12.5. The van der Waals surface area contributed by atoms with Crippen LogP contribution in [-0.2, 0) is 11.3 Å². The number of likely N-dealkylation sites (tertiary alicyclic amines) is 2. The number of hydrogen-bond donors (Lipinski definition) is 1. The molecule has 1 amide bonds. The highest BCUT2D eigenvalue weighted by molar-refractivity contribution is 5.78. The number of aromatic nitrogens is 3. The Bertz CT molecular complexity index is 499. The first-order valence-electron chi connectivity index (χ1n) is 8.71. The van der Waals surface area contributed by atoms with E-state index in [0.29, 0.717) is 19.6 Å². The Balaban J connectivity index is 1.54. The molecule has 7 heteroatoms. The summed E-state index contributed by atoms with van der Waals surface area (Å²) in [4.78, 5) is 16.6. The maximum Gasteiger partial charge on any atom is 0.236 e. The summed E-state index contributed by atoms with van der Waals surface area (Å²) in [5.41, 5.74) is -0.828. The molecule has 0 aliphatic carbocycles. The van der Waals surface area contributed by atoms with E-state index in [1.165, 1.54) is 12.8 Å². The van der Waals surface area contributed by atoms with Crippen LogP contribution in [0.25, 0.3) is 0 Å². The fraction of sp³-hybridized carbons (Fsp3) is 0.812. The van der Waals surface area contributed by atoms with Gasteiger partial charge in [0.05, 0.1) is 24.9 Å². The number of amides is 1. The topological polar surface area (TPSA) is 74.5 Å². The van der Waals surface area contributed by atoms with Crippen molar-refractivity contribution in [3.63, 3.8) is 0 Å². The summed E-state index contributed by atoms with van der Waals surface area (Å²) < 4.78 is 1.67. The van der Waals surface area contributed by atoms with Crippen molar-refractivity contribution in [3.8, 4) is 0 Å². The second kappa shape index (κ2) is 7.40. The van der Waals surface area contributed by atoms with Crippen LogP contribution in [-0.4, -0.2) is 74.1 Å². The molecule has 0 bridgehead atoms. The van der Waals surface area contributed by atoms with Crippen LogP contribution >= 0.6 is 0 Å². The van der Waals surface area contributed by atoms with Crippen LogP contribution in [0.4, 0.5) is 0 Å². The monoisotopic (exact) mass is 321 g/mol. The third-order valence-corrected chi connectivity index (χ3v) is 4.88. The van der Waals surface area contributed by atoms with Gasteiger partial charge in [-0.05, 0) is 32.2 Å². The summed E-state index contributed by atoms with van der Waals surface area (Å²) in [5.74, 6) is 0.205. The van der Waals surface area contributed by atoms with E-state index >= 15 is 0 Å². The summed E-state index contributed by atoms with van der Waals surface area (Å²) in [7, 11) is 0. The fourth-order valence-electron chi connectivity index (χ4n) is 3.70. The van der Waals surface area contributed by atoms with Gasteiger partial charge in [0, 0.05) is 25.8 Å². The number of aliphatic hydroxyl groups is 1. The Morgan fingerprint density at radius 1 is 1.13 bits per heavy atom. The Morgan fingerprint density at radius 2 is 1.91 bits per heavy atom. The first-order chi connectivity index (χ1) is 11.1. The van der Waals surface area contributed by atoms with Gasteiger partial charge in [-0.1, -0.05) is 18.1 Å². The van der Waals surface area contributed by atoms with Gasteiger partial charge >= 0.3 is 0 Å². The maximum atomic E-state index is 12.5. The lowest BCUT2D eigenvalue weighted by atomic mass is 9.93. The quantitative estimate of drug-likeness (QED) is 0.874. The molecule has 2 fully saturated rings. The molecule has 3 rings (SSSR count). The summed E-state index contributed by atoms with van der Waals surface area (Å²) >= 11 is 0. The fourth-order valence-corrected chi connectivity index (χ4v) is 3.70. The molecule has 128 valence electrons. The molecule has 0 saturated carbocycles. The van der Waals surface area contributed by atoms with E-state index in [4.69, 9.17) is 0 Å². The molecule has 1 N–H and O–H groups in total. The van der Waals surface area contributed by atoms with Gasteiger partial charge in [-0.3, -0.25) is 9.69 Å². The summed E-state index contributed by atoms with van der Waals surface area (Å²) in [6.45, 7) is 4.01. The van der Waals surface area contributed by atoms with Crippen molar-refractivity contribution in [2.24, 2.45) is 0 Å². The SMILES string of the molecule is O=C(CN1CCCC(O)(Cn2ccnn2)C1)N1CCCCCC1. The molecule has 0 radical (unpaired) electrons. The number of carbonyl (C=O) groups excluding carboxylic acids is 1. The number of β-amino-alcohol motifs (C(OH)–C–C–N with tert-alkyl or cyclic N) is 1. The zero-order valence-electron chi connectivity index (χ0n) is 13.7. The largest absolute Gasteiger partial charge is 0.387 e. The van der Waals surface area contributed by atoms with Crippen molar-refractivity contribution in [2.45, 2.75) is 50.7 Å². The minimum absolute atomic E-state index is 0.205. The molecule has 7 nitrogen and oxygen atoms in total. The van der Waals surface area contributed by atoms with Crippen molar-refractivity contribution in [2.75, 3.05) is 32.7 Å². The molecule has 1 aromatic heterocycles. The number of piperidine rings is 1. The number of hydrogen-bond acceptors (Lipinski definition) is 5. The normalized spacial score (nSPS) is 26.9. The first-order valence-corrected chi connectivity index (χ1v) is 8.71. The van der Waals surface area contributed by atoms with E-state index in [0.717, 1.165) is 45.3 Å². The van der Waals surface area contributed by atoms with Gasteiger partial charge in [0.15, 0.2) is 0 Å². The van der Waals surface area contributed by atoms with Crippen molar-refractivity contribution < 1.29 is 9.90 Å². The number of rotatable bonds is 4. The lowest BCUT2D eigenvalue weighted by Gasteiger charge is -2.39. The van der Waals surface area contributed by atoms with Crippen LogP contribution in [0.3, 0.4) is 0 Å². The highest BCUT2D eigenvalue weighted by atomic mass is 16.3. The lowest BCUT2D eigenvalue weighted by molar-refractivity contribution is -0.134. The third kappa shape index (κ3) is 4.51. The summed E-state index contributed by atoms with van der Waals surface area (Å²) in [5, 5.41) is 18.5.